The van der Waals surface area contributed by atoms with E-state index in [1.165, 1.54) is 23.9 Å². The van der Waals surface area contributed by atoms with E-state index in [1.807, 2.05) is 41.9 Å². The zero-order valence-electron chi connectivity index (χ0n) is 14.8. The van der Waals surface area contributed by atoms with Crippen LogP contribution >= 0.6 is 23.4 Å². The normalized spacial score (nSPS) is 12.0. The Morgan fingerprint density at radius 3 is 2.70 bits per heavy atom. The van der Waals surface area contributed by atoms with Crippen LogP contribution < -0.4 is 5.32 Å². The van der Waals surface area contributed by atoms with Crippen LogP contribution in [0.2, 0.25) is 5.02 Å². The van der Waals surface area contributed by atoms with Gasteiger partial charge in [0, 0.05) is 18.5 Å². The molecule has 1 amide bonds. The van der Waals surface area contributed by atoms with Gasteiger partial charge in [-0.2, -0.15) is 0 Å². The molecule has 1 N–H and O–H groups in total. The van der Waals surface area contributed by atoms with Crippen LogP contribution in [-0.2, 0) is 18.3 Å². The lowest BCUT2D eigenvalue weighted by Gasteiger charge is -2.12. The predicted octanol–water partition coefficient (Wildman–Crippen LogP) is 4.32. The number of hydrogen-bond acceptors (Lipinski definition) is 4. The first-order valence-electron chi connectivity index (χ1n) is 8.29. The maximum absolute atomic E-state index is 13.8. The number of anilines is 1. The maximum atomic E-state index is 13.8. The fraction of sp³-hybridized carbons (Fsp3) is 0.211. The number of carbonyl (C=O) groups excluding carboxylic acids is 1. The van der Waals surface area contributed by atoms with Crippen LogP contribution in [0.25, 0.3) is 0 Å². The van der Waals surface area contributed by atoms with E-state index in [0.29, 0.717) is 11.6 Å². The van der Waals surface area contributed by atoms with Gasteiger partial charge in [0.2, 0.25) is 5.91 Å². The Kier molecular flexibility index (Phi) is 6.13. The van der Waals surface area contributed by atoms with E-state index in [-0.39, 0.29) is 16.6 Å². The molecule has 1 heterocycles. The molecular formula is C19H18ClFN4OS. The van der Waals surface area contributed by atoms with Crippen LogP contribution in [0.3, 0.4) is 0 Å². The van der Waals surface area contributed by atoms with Gasteiger partial charge in [-0.25, -0.2) is 4.39 Å². The van der Waals surface area contributed by atoms with Gasteiger partial charge in [0.25, 0.3) is 0 Å². The molecule has 0 aliphatic heterocycles. The number of thioether (sulfide) groups is 1. The van der Waals surface area contributed by atoms with Crippen LogP contribution in [-0.4, -0.2) is 25.9 Å². The van der Waals surface area contributed by atoms with E-state index in [4.69, 9.17) is 11.6 Å². The zero-order valence-corrected chi connectivity index (χ0v) is 16.4. The summed E-state index contributed by atoms with van der Waals surface area (Å²) in [6.45, 7) is 1.74. The summed E-state index contributed by atoms with van der Waals surface area (Å²) in [5.74, 6) is -0.0919. The number of carbonyl (C=O) groups is 1. The monoisotopic (exact) mass is 404 g/mol. The summed E-state index contributed by atoms with van der Waals surface area (Å²) in [4.78, 5) is 12.4. The Hall–Kier alpha value is -2.38. The third kappa shape index (κ3) is 4.87. The van der Waals surface area contributed by atoms with Crippen molar-refractivity contribution in [2.75, 3.05) is 5.32 Å². The van der Waals surface area contributed by atoms with Crippen molar-refractivity contribution in [3.05, 3.63) is 70.8 Å². The lowest BCUT2D eigenvalue weighted by Crippen LogP contribution is -2.23. The van der Waals surface area contributed by atoms with Crippen molar-refractivity contribution >= 4 is 35.0 Å². The number of benzene rings is 2. The number of nitrogens with zero attached hydrogens (tertiary/aromatic N) is 3. The summed E-state index contributed by atoms with van der Waals surface area (Å²) in [7, 11) is 1.87. The molecule has 2 aromatic carbocycles. The van der Waals surface area contributed by atoms with E-state index < -0.39 is 11.1 Å². The molecule has 0 fully saturated rings. The Bertz CT molecular complexity index is 948. The second kappa shape index (κ2) is 8.54. The lowest BCUT2D eigenvalue weighted by molar-refractivity contribution is -0.115. The standard InChI is InChI=1S/C19H18ClFN4OS/c1-12(18(26)22-16-9-8-14(20)11-15(16)21)27-19-24-23-17(25(19)2)10-13-6-4-3-5-7-13/h3-9,11-12H,10H2,1-2H3,(H,22,26)/t12-/m0/s1. The van der Waals surface area contributed by atoms with Gasteiger partial charge in [0.05, 0.1) is 10.9 Å². The van der Waals surface area contributed by atoms with Gasteiger partial charge in [0.15, 0.2) is 5.16 Å². The van der Waals surface area contributed by atoms with Crippen molar-refractivity contribution in [1.82, 2.24) is 14.8 Å². The van der Waals surface area contributed by atoms with Crippen LogP contribution in [0.5, 0.6) is 0 Å². The fourth-order valence-electron chi connectivity index (χ4n) is 2.42. The number of amides is 1. The second-order valence-electron chi connectivity index (χ2n) is 5.99. The summed E-state index contributed by atoms with van der Waals surface area (Å²) < 4.78 is 15.7. The van der Waals surface area contributed by atoms with Crippen LogP contribution in [0.15, 0.2) is 53.7 Å². The minimum absolute atomic E-state index is 0.0968. The highest BCUT2D eigenvalue weighted by Gasteiger charge is 2.20. The average Bonchev–Trinajstić information content (AvgIpc) is 2.98. The number of rotatable bonds is 6. The van der Waals surface area contributed by atoms with Crippen molar-refractivity contribution in [3.63, 3.8) is 0 Å². The maximum Gasteiger partial charge on any atom is 0.237 e. The molecule has 0 spiro atoms. The van der Waals surface area contributed by atoms with E-state index in [2.05, 4.69) is 15.5 Å². The van der Waals surface area contributed by atoms with Crippen molar-refractivity contribution in [2.24, 2.45) is 7.05 Å². The lowest BCUT2D eigenvalue weighted by atomic mass is 10.1. The Labute approximate surface area is 166 Å². The molecule has 1 atom stereocenters. The highest BCUT2D eigenvalue weighted by molar-refractivity contribution is 8.00. The highest BCUT2D eigenvalue weighted by atomic mass is 35.5. The van der Waals surface area contributed by atoms with Crippen molar-refractivity contribution in [3.8, 4) is 0 Å². The molecule has 0 radical (unpaired) electrons. The molecule has 140 valence electrons. The summed E-state index contributed by atoms with van der Waals surface area (Å²) in [6, 6.07) is 14.1. The topological polar surface area (TPSA) is 59.8 Å². The van der Waals surface area contributed by atoms with Crippen molar-refractivity contribution in [2.45, 2.75) is 23.8 Å². The molecule has 0 saturated carbocycles. The number of nitrogens with one attached hydrogen (secondary N) is 1. The van der Waals surface area contributed by atoms with Gasteiger partial charge in [-0.3, -0.25) is 4.79 Å². The molecule has 3 rings (SSSR count). The summed E-state index contributed by atoms with van der Waals surface area (Å²) >= 11 is 6.99. The van der Waals surface area contributed by atoms with Crippen LogP contribution in [0.1, 0.15) is 18.3 Å². The molecule has 0 unspecified atom stereocenters. The van der Waals surface area contributed by atoms with Gasteiger partial charge < -0.3 is 9.88 Å². The van der Waals surface area contributed by atoms with Crippen molar-refractivity contribution < 1.29 is 9.18 Å². The molecule has 1 aromatic heterocycles. The minimum atomic E-state index is -0.572. The van der Waals surface area contributed by atoms with Gasteiger partial charge >= 0.3 is 0 Å². The molecule has 5 nitrogen and oxygen atoms in total. The molecular weight excluding hydrogens is 387 g/mol. The van der Waals surface area contributed by atoms with Crippen LogP contribution in [0, 0.1) is 5.82 Å². The zero-order chi connectivity index (χ0) is 19.4. The second-order valence-corrected chi connectivity index (χ2v) is 7.74. The fourth-order valence-corrected chi connectivity index (χ4v) is 3.41. The summed E-state index contributed by atoms with van der Waals surface area (Å²) in [6.07, 6.45) is 0.654. The predicted molar refractivity (Wildman–Crippen MR) is 106 cm³/mol. The van der Waals surface area contributed by atoms with Crippen LogP contribution in [0.4, 0.5) is 10.1 Å². The molecule has 0 saturated heterocycles. The molecule has 0 aliphatic carbocycles. The smallest absolute Gasteiger partial charge is 0.237 e. The third-order valence-electron chi connectivity index (χ3n) is 3.97. The van der Waals surface area contributed by atoms with Gasteiger partial charge in [0.1, 0.15) is 11.6 Å². The first kappa shape index (κ1) is 19.4. The minimum Gasteiger partial charge on any atom is -0.323 e. The highest BCUT2D eigenvalue weighted by Crippen LogP contribution is 2.25. The molecule has 3 aromatic rings. The quantitative estimate of drug-likeness (QED) is 0.621. The van der Waals surface area contributed by atoms with E-state index in [0.717, 1.165) is 17.5 Å². The van der Waals surface area contributed by atoms with Gasteiger partial charge in [-0.15, -0.1) is 10.2 Å². The number of hydrogen-bond donors (Lipinski definition) is 1. The Morgan fingerprint density at radius 2 is 2.00 bits per heavy atom. The number of halogens is 2. The molecule has 27 heavy (non-hydrogen) atoms. The van der Waals surface area contributed by atoms with Gasteiger partial charge in [-0.05, 0) is 30.7 Å². The van der Waals surface area contributed by atoms with E-state index >= 15 is 0 Å². The first-order valence-corrected chi connectivity index (χ1v) is 9.54. The number of aromatic nitrogens is 3. The first-order chi connectivity index (χ1) is 12.9. The van der Waals surface area contributed by atoms with Gasteiger partial charge in [-0.1, -0.05) is 53.7 Å². The van der Waals surface area contributed by atoms with Crippen molar-refractivity contribution in [1.29, 1.82) is 0 Å². The SMILES string of the molecule is C[C@H](Sc1nnc(Cc2ccccc2)n1C)C(=O)Nc1ccc(Cl)cc1F. The summed E-state index contributed by atoms with van der Waals surface area (Å²) in [5, 5.41) is 11.4. The average molecular weight is 405 g/mol. The Morgan fingerprint density at radius 1 is 1.26 bits per heavy atom. The van der Waals surface area contributed by atoms with E-state index in [9.17, 15) is 9.18 Å². The Balaban J connectivity index is 1.65. The van der Waals surface area contributed by atoms with E-state index in [1.54, 1.807) is 6.92 Å². The summed E-state index contributed by atoms with van der Waals surface area (Å²) in [5.41, 5.74) is 1.23. The third-order valence-corrected chi connectivity index (χ3v) is 5.34. The molecule has 0 aliphatic rings. The largest absolute Gasteiger partial charge is 0.323 e. The molecule has 8 heteroatoms. The molecule has 0 bridgehead atoms.